The van der Waals surface area contributed by atoms with Gasteiger partial charge in [-0.2, -0.15) is 5.10 Å². The zero-order chi connectivity index (χ0) is 10.0. The van der Waals surface area contributed by atoms with E-state index in [9.17, 15) is 13.6 Å². The minimum atomic E-state index is -2.66. The van der Waals surface area contributed by atoms with Crippen molar-refractivity contribution in [1.82, 2.24) is 9.78 Å². The van der Waals surface area contributed by atoms with Gasteiger partial charge in [-0.25, -0.2) is 8.78 Å². The van der Waals surface area contributed by atoms with Crippen LogP contribution in [0.1, 0.15) is 17.7 Å². The Morgan fingerprint density at radius 2 is 2.38 bits per heavy atom. The third-order valence-electron chi connectivity index (χ3n) is 1.49. The van der Waals surface area contributed by atoms with E-state index in [4.69, 9.17) is 5.11 Å². The molecule has 1 rings (SSSR count). The van der Waals surface area contributed by atoms with Crippen molar-refractivity contribution in [3.8, 4) is 0 Å². The Morgan fingerprint density at radius 1 is 1.77 bits per heavy atom. The van der Waals surface area contributed by atoms with Crippen molar-refractivity contribution in [3.63, 3.8) is 0 Å². The summed E-state index contributed by atoms with van der Waals surface area (Å²) in [5.74, 6) is -1.11. The number of aromatic nitrogens is 2. The second kappa shape index (κ2) is 3.51. The van der Waals surface area contributed by atoms with Crippen molar-refractivity contribution >= 4 is 5.97 Å². The maximum atomic E-state index is 12.2. The smallest absolute Gasteiger partial charge is 0.325 e. The van der Waals surface area contributed by atoms with Crippen molar-refractivity contribution in [1.29, 1.82) is 0 Å². The largest absolute Gasteiger partial charge is 0.480 e. The Hall–Kier alpha value is -1.46. The molecule has 0 saturated heterocycles. The van der Waals surface area contributed by atoms with Crippen LogP contribution in [-0.2, 0) is 11.3 Å². The fourth-order valence-electron chi connectivity index (χ4n) is 0.971. The second-order valence-electron chi connectivity index (χ2n) is 2.59. The van der Waals surface area contributed by atoms with Crippen LogP contribution < -0.4 is 0 Å². The zero-order valence-electron chi connectivity index (χ0n) is 6.87. The molecule has 1 N–H and O–H groups in total. The van der Waals surface area contributed by atoms with Crippen LogP contribution >= 0.6 is 0 Å². The van der Waals surface area contributed by atoms with Gasteiger partial charge in [-0.15, -0.1) is 0 Å². The summed E-state index contributed by atoms with van der Waals surface area (Å²) in [6.07, 6.45) is -1.37. The van der Waals surface area contributed by atoms with E-state index in [1.54, 1.807) is 0 Å². The maximum Gasteiger partial charge on any atom is 0.325 e. The van der Waals surface area contributed by atoms with Crippen LogP contribution in [0.4, 0.5) is 8.78 Å². The standard InChI is InChI=1S/C7H8F2N2O2/c1-4-2-11(3-5(12)13)10-6(4)7(8)9/h2,7H,3H2,1H3,(H,12,13). The van der Waals surface area contributed by atoms with Crippen molar-refractivity contribution in [2.75, 3.05) is 0 Å². The fourth-order valence-corrected chi connectivity index (χ4v) is 0.971. The molecule has 1 aromatic rings. The molecule has 0 aromatic carbocycles. The van der Waals surface area contributed by atoms with Gasteiger partial charge in [0.05, 0.1) is 0 Å². The van der Waals surface area contributed by atoms with E-state index < -0.39 is 18.9 Å². The number of nitrogens with zero attached hydrogens (tertiary/aromatic N) is 2. The monoisotopic (exact) mass is 190 g/mol. The van der Waals surface area contributed by atoms with Gasteiger partial charge in [0, 0.05) is 6.20 Å². The third kappa shape index (κ3) is 2.24. The van der Waals surface area contributed by atoms with Crippen LogP contribution in [0, 0.1) is 6.92 Å². The van der Waals surface area contributed by atoms with Gasteiger partial charge in [-0.05, 0) is 12.5 Å². The topological polar surface area (TPSA) is 55.1 Å². The molecule has 1 aromatic heterocycles. The summed E-state index contributed by atoms with van der Waals surface area (Å²) < 4.78 is 25.3. The maximum absolute atomic E-state index is 12.2. The van der Waals surface area contributed by atoms with E-state index >= 15 is 0 Å². The number of rotatable bonds is 3. The van der Waals surface area contributed by atoms with Gasteiger partial charge in [-0.1, -0.05) is 0 Å². The molecular formula is C7H8F2N2O2. The van der Waals surface area contributed by atoms with E-state index in [0.29, 0.717) is 5.56 Å². The van der Waals surface area contributed by atoms with Gasteiger partial charge in [0.1, 0.15) is 12.2 Å². The van der Waals surface area contributed by atoms with Crippen molar-refractivity contribution in [3.05, 3.63) is 17.5 Å². The lowest BCUT2D eigenvalue weighted by molar-refractivity contribution is -0.137. The highest BCUT2D eigenvalue weighted by atomic mass is 19.3. The highest BCUT2D eigenvalue weighted by Crippen LogP contribution is 2.19. The zero-order valence-corrected chi connectivity index (χ0v) is 6.87. The van der Waals surface area contributed by atoms with E-state index in [0.717, 1.165) is 4.68 Å². The minimum Gasteiger partial charge on any atom is -0.480 e. The average molecular weight is 190 g/mol. The molecule has 6 heteroatoms. The number of carbonyl (C=O) groups is 1. The van der Waals surface area contributed by atoms with Gasteiger partial charge >= 0.3 is 5.97 Å². The van der Waals surface area contributed by atoms with Gasteiger partial charge in [0.25, 0.3) is 6.43 Å². The summed E-state index contributed by atoms with van der Waals surface area (Å²) in [5.41, 5.74) is -0.0579. The molecule has 1 heterocycles. The molecule has 0 radical (unpaired) electrons. The summed E-state index contributed by atoms with van der Waals surface area (Å²) in [6, 6.07) is 0. The Balaban J connectivity index is 2.88. The molecule has 0 spiro atoms. The molecule has 0 aliphatic carbocycles. The van der Waals surface area contributed by atoms with Crippen LogP contribution in [0.3, 0.4) is 0 Å². The Morgan fingerprint density at radius 3 is 2.77 bits per heavy atom. The molecule has 0 saturated carbocycles. The average Bonchev–Trinajstić information content (AvgIpc) is 2.29. The number of alkyl halides is 2. The van der Waals surface area contributed by atoms with Gasteiger partial charge in [0.2, 0.25) is 0 Å². The SMILES string of the molecule is Cc1cn(CC(=O)O)nc1C(F)F. The number of halogens is 2. The van der Waals surface area contributed by atoms with Crippen LogP contribution in [0.5, 0.6) is 0 Å². The van der Waals surface area contributed by atoms with Gasteiger partial charge in [-0.3, -0.25) is 9.48 Å². The minimum absolute atomic E-state index is 0.302. The number of aryl methyl sites for hydroxylation is 1. The number of carboxylic acids is 1. The fraction of sp³-hybridized carbons (Fsp3) is 0.429. The summed E-state index contributed by atoms with van der Waals surface area (Å²) in [5, 5.41) is 11.8. The lowest BCUT2D eigenvalue weighted by Crippen LogP contribution is -2.09. The number of hydrogen-bond acceptors (Lipinski definition) is 2. The molecule has 0 unspecified atom stereocenters. The summed E-state index contributed by atoms with van der Waals surface area (Å²) in [6.45, 7) is 1.07. The number of aliphatic carboxylic acids is 1. The van der Waals surface area contributed by atoms with Gasteiger partial charge in [0.15, 0.2) is 0 Å². The van der Waals surface area contributed by atoms with Crippen molar-refractivity contribution in [2.24, 2.45) is 0 Å². The van der Waals surface area contributed by atoms with Crippen molar-refractivity contribution < 1.29 is 18.7 Å². The Bertz CT molecular complexity index is 322. The third-order valence-corrected chi connectivity index (χ3v) is 1.49. The first-order valence-corrected chi connectivity index (χ1v) is 3.54. The van der Waals surface area contributed by atoms with Gasteiger partial charge < -0.3 is 5.11 Å². The molecule has 0 fully saturated rings. The summed E-state index contributed by atoms with van der Waals surface area (Å²) in [4.78, 5) is 10.2. The predicted molar refractivity (Wildman–Crippen MR) is 39.6 cm³/mol. The molecule has 0 aliphatic rings. The molecule has 0 aliphatic heterocycles. The molecule has 0 amide bonds. The lowest BCUT2D eigenvalue weighted by atomic mass is 10.3. The summed E-state index contributed by atoms with van der Waals surface area (Å²) in [7, 11) is 0. The second-order valence-corrected chi connectivity index (χ2v) is 2.59. The highest BCUT2D eigenvalue weighted by Gasteiger charge is 2.15. The number of hydrogen-bond donors (Lipinski definition) is 1. The highest BCUT2D eigenvalue weighted by molar-refractivity contribution is 5.66. The first-order valence-electron chi connectivity index (χ1n) is 3.54. The van der Waals surface area contributed by atoms with E-state index in [2.05, 4.69) is 5.10 Å². The molecule has 4 nitrogen and oxygen atoms in total. The van der Waals surface area contributed by atoms with Crippen LogP contribution in [-0.4, -0.2) is 20.9 Å². The molecule has 0 atom stereocenters. The summed E-state index contributed by atoms with van der Waals surface area (Å²) >= 11 is 0. The Kier molecular flexibility index (Phi) is 2.60. The van der Waals surface area contributed by atoms with E-state index in [1.165, 1.54) is 13.1 Å². The number of carboxylic acid groups (broad SMARTS) is 1. The molecule has 72 valence electrons. The van der Waals surface area contributed by atoms with Crippen LogP contribution in [0.25, 0.3) is 0 Å². The molecule has 13 heavy (non-hydrogen) atoms. The van der Waals surface area contributed by atoms with E-state index in [1.807, 2.05) is 0 Å². The normalized spacial score (nSPS) is 10.8. The van der Waals surface area contributed by atoms with E-state index in [-0.39, 0.29) is 5.69 Å². The van der Waals surface area contributed by atoms with Crippen molar-refractivity contribution in [2.45, 2.75) is 19.9 Å². The lowest BCUT2D eigenvalue weighted by Gasteiger charge is -1.94. The molecular weight excluding hydrogens is 182 g/mol. The first kappa shape index (κ1) is 9.63. The predicted octanol–water partition coefficient (Wildman–Crippen LogP) is 1.21. The van der Waals surface area contributed by atoms with Crippen LogP contribution in [0.2, 0.25) is 0 Å². The molecule has 0 bridgehead atoms. The first-order chi connectivity index (χ1) is 6.00. The Labute approximate surface area is 72.8 Å². The van der Waals surface area contributed by atoms with Crippen LogP contribution in [0.15, 0.2) is 6.20 Å². The quantitative estimate of drug-likeness (QED) is 0.779.